The Hall–Kier alpha value is -2.86. The molecule has 122 valence electrons. The standard InChI is InChI=1S/C17H15ClN4O2/c1-3-12-7-6-9-15(22-17(23)21(2)19-20-22)13(12)11-24-16-10-5-4-8-14(16)18/h3-10H,1,11H2,2H3. The molecule has 3 rings (SSSR count). The largest absolute Gasteiger partial charge is 0.487 e. The Morgan fingerprint density at radius 1 is 1.21 bits per heavy atom. The summed E-state index contributed by atoms with van der Waals surface area (Å²) in [4.78, 5) is 12.2. The molecule has 1 heterocycles. The first-order chi connectivity index (χ1) is 11.6. The highest BCUT2D eigenvalue weighted by Gasteiger charge is 2.14. The van der Waals surface area contributed by atoms with Gasteiger partial charge in [-0.2, -0.15) is 9.36 Å². The number of hydrogen-bond acceptors (Lipinski definition) is 4. The maximum Gasteiger partial charge on any atom is 0.368 e. The zero-order chi connectivity index (χ0) is 17.1. The number of aromatic nitrogens is 4. The predicted molar refractivity (Wildman–Crippen MR) is 92.5 cm³/mol. The highest BCUT2D eigenvalue weighted by atomic mass is 35.5. The second kappa shape index (κ2) is 6.72. The Balaban J connectivity index is 2.03. The summed E-state index contributed by atoms with van der Waals surface area (Å²) in [6.07, 6.45) is 1.70. The minimum Gasteiger partial charge on any atom is -0.487 e. The molecule has 24 heavy (non-hydrogen) atoms. The first-order valence-electron chi connectivity index (χ1n) is 7.23. The number of hydrogen-bond donors (Lipinski definition) is 0. The molecule has 7 heteroatoms. The lowest BCUT2D eigenvalue weighted by Gasteiger charge is -2.13. The predicted octanol–water partition coefficient (Wildman–Crippen LogP) is 2.84. The first kappa shape index (κ1) is 16.0. The van der Waals surface area contributed by atoms with Crippen molar-refractivity contribution >= 4 is 17.7 Å². The zero-order valence-electron chi connectivity index (χ0n) is 13.0. The van der Waals surface area contributed by atoms with E-state index >= 15 is 0 Å². The van der Waals surface area contributed by atoms with Crippen molar-refractivity contribution < 1.29 is 4.74 Å². The average molecular weight is 343 g/mol. The molecule has 0 saturated heterocycles. The van der Waals surface area contributed by atoms with Gasteiger partial charge in [0.2, 0.25) is 0 Å². The van der Waals surface area contributed by atoms with Gasteiger partial charge in [0.25, 0.3) is 0 Å². The Kier molecular flexibility index (Phi) is 4.48. The number of halogens is 1. The van der Waals surface area contributed by atoms with Crippen LogP contribution in [0.2, 0.25) is 5.02 Å². The van der Waals surface area contributed by atoms with Gasteiger partial charge in [0, 0.05) is 12.6 Å². The van der Waals surface area contributed by atoms with Crippen molar-refractivity contribution in [1.82, 2.24) is 19.8 Å². The van der Waals surface area contributed by atoms with Crippen LogP contribution in [0.25, 0.3) is 11.8 Å². The summed E-state index contributed by atoms with van der Waals surface area (Å²) in [5, 5.41) is 8.17. The highest BCUT2D eigenvalue weighted by molar-refractivity contribution is 6.32. The van der Waals surface area contributed by atoms with Gasteiger partial charge >= 0.3 is 5.69 Å². The fraction of sp³-hybridized carbons (Fsp3) is 0.118. The Morgan fingerprint density at radius 3 is 2.67 bits per heavy atom. The first-order valence-corrected chi connectivity index (χ1v) is 7.60. The SMILES string of the molecule is C=Cc1cccc(-n2nnn(C)c2=O)c1COc1ccccc1Cl. The molecule has 2 aromatic carbocycles. The second-order valence-electron chi connectivity index (χ2n) is 5.07. The van der Waals surface area contributed by atoms with Crippen LogP contribution in [0.5, 0.6) is 5.75 Å². The molecule has 0 aliphatic heterocycles. The lowest BCUT2D eigenvalue weighted by molar-refractivity contribution is 0.305. The van der Waals surface area contributed by atoms with Gasteiger partial charge < -0.3 is 4.74 Å². The van der Waals surface area contributed by atoms with Crippen molar-refractivity contribution in [3.05, 3.63) is 75.7 Å². The van der Waals surface area contributed by atoms with Crippen LogP contribution < -0.4 is 10.4 Å². The molecular formula is C17H15ClN4O2. The third kappa shape index (κ3) is 2.96. The van der Waals surface area contributed by atoms with E-state index in [-0.39, 0.29) is 12.3 Å². The molecule has 0 fully saturated rings. The monoisotopic (exact) mass is 342 g/mol. The van der Waals surface area contributed by atoms with Crippen LogP contribution in [0.15, 0.2) is 53.8 Å². The average Bonchev–Trinajstić information content (AvgIpc) is 2.93. The van der Waals surface area contributed by atoms with E-state index in [1.54, 1.807) is 31.3 Å². The van der Waals surface area contributed by atoms with Crippen LogP contribution in [0, 0.1) is 0 Å². The van der Waals surface area contributed by atoms with Gasteiger partial charge in [-0.3, -0.25) is 0 Å². The van der Waals surface area contributed by atoms with Gasteiger partial charge in [0.15, 0.2) is 0 Å². The third-order valence-corrected chi connectivity index (χ3v) is 3.88. The maximum atomic E-state index is 12.2. The normalized spacial score (nSPS) is 10.6. The number of tetrazole rings is 1. The molecule has 3 aromatic rings. The maximum absolute atomic E-state index is 12.2. The topological polar surface area (TPSA) is 61.9 Å². The molecular weight excluding hydrogens is 328 g/mol. The van der Waals surface area contributed by atoms with Crippen LogP contribution in [0.4, 0.5) is 0 Å². The Bertz CT molecular complexity index is 946. The number of nitrogens with zero attached hydrogens (tertiary/aromatic N) is 4. The minimum atomic E-state index is -0.338. The third-order valence-electron chi connectivity index (χ3n) is 3.57. The van der Waals surface area contributed by atoms with Crippen LogP contribution in [-0.2, 0) is 13.7 Å². The van der Waals surface area contributed by atoms with E-state index in [1.807, 2.05) is 24.3 Å². The van der Waals surface area contributed by atoms with Crippen molar-refractivity contribution in [2.45, 2.75) is 6.61 Å². The van der Waals surface area contributed by atoms with Crippen molar-refractivity contribution in [3.8, 4) is 11.4 Å². The summed E-state index contributed by atoms with van der Waals surface area (Å²) >= 11 is 6.12. The quantitative estimate of drug-likeness (QED) is 0.715. The van der Waals surface area contributed by atoms with E-state index in [1.165, 1.54) is 9.36 Å². The van der Waals surface area contributed by atoms with E-state index in [4.69, 9.17) is 16.3 Å². The summed E-state index contributed by atoms with van der Waals surface area (Å²) in [5.41, 5.74) is 1.87. The molecule has 0 atom stereocenters. The summed E-state index contributed by atoms with van der Waals surface area (Å²) in [7, 11) is 1.54. The molecule has 0 radical (unpaired) electrons. The Labute approximate surface area is 143 Å². The molecule has 0 saturated carbocycles. The van der Waals surface area contributed by atoms with E-state index < -0.39 is 0 Å². The van der Waals surface area contributed by atoms with Gasteiger partial charge in [0.1, 0.15) is 12.4 Å². The number of ether oxygens (including phenoxy) is 1. The molecule has 0 aliphatic rings. The van der Waals surface area contributed by atoms with Gasteiger partial charge in [-0.15, -0.1) is 0 Å². The summed E-state index contributed by atoms with van der Waals surface area (Å²) in [5.74, 6) is 0.565. The lowest BCUT2D eigenvalue weighted by atomic mass is 10.1. The van der Waals surface area contributed by atoms with Gasteiger partial charge in [-0.1, -0.05) is 48.5 Å². The number of aryl methyl sites for hydroxylation is 1. The smallest absolute Gasteiger partial charge is 0.368 e. The zero-order valence-corrected chi connectivity index (χ0v) is 13.8. The van der Waals surface area contributed by atoms with E-state index in [2.05, 4.69) is 17.0 Å². The molecule has 0 spiro atoms. The van der Waals surface area contributed by atoms with Crippen LogP contribution in [0.1, 0.15) is 11.1 Å². The van der Waals surface area contributed by atoms with Crippen LogP contribution >= 0.6 is 11.6 Å². The number of rotatable bonds is 5. The number of benzene rings is 2. The molecule has 0 bridgehead atoms. The molecule has 0 amide bonds. The van der Waals surface area contributed by atoms with Gasteiger partial charge in [-0.05, 0) is 34.2 Å². The summed E-state index contributed by atoms with van der Waals surface area (Å²) in [6.45, 7) is 4.03. The highest BCUT2D eigenvalue weighted by Crippen LogP contribution is 2.26. The number of para-hydroxylation sites is 1. The summed E-state index contributed by atoms with van der Waals surface area (Å²) in [6, 6.07) is 12.7. The van der Waals surface area contributed by atoms with Crippen molar-refractivity contribution in [2.24, 2.45) is 7.05 Å². The van der Waals surface area contributed by atoms with Crippen LogP contribution in [-0.4, -0.2) is 19.8 Å². The molecule has 0 aliphatic carbocycles. The molecule has 1 aromatic heterocycles. The Morgan fingerprint density at radius 2 is 2.00 bits per heavy atom. The van der Waals surface area contributed by atoms with Crippen molar-refractivity contribution in [3.63, 3.8) is 0 Å². The van der Waals surface area contributed by atoms with Gasteiger partial charge in [0.05, 0.1) is 10.7 Å². The molecule has 6 nitrogen and oxygen atoms in total. The lowest BCUT2D eigenvalue weighted by Crippen LogP contribution is -2.23. The van der Waals surface area contributed by atoms with E-state index in [0.29, 0.717) is 16.5 Å². The molecule has 0 unspecified atom stereocenters. The fourth-order valence-electron chi connectivity index (χ4n) is 2.32. The van der Waals surface area contributed by atoms with Crippen LogP contribution in [0.3, 0.4) is 0 Å². The molecule has 0 N–H and O–H groups in total. The van der Waals surface area contributed by atoms with Gasteiger partial charge in [-0.25, -0.2) is 4.79 Å². The van der Waals surface area contributed by atoms with Crippen molar-refractivity contribution in [2.75, 3.05) is 0 Å². The van der Waals surface area contributed by atoms with Crippen molar-refractivity contribution in [1.29, 1.82) is 0 Å². The van der Waals surface area contributed by atoms with E-state index in [9.17, 15) is 4.79 Å². The minimum absolute atomic E-state index is 0.213. The van der Waals surface area contributed by atoms with E-state index in [0.717, 1.165) is 11.1 Å². The fourth-order valence-corrected chi connectivity index (χ4v) is 2.51. The second-order valence-corrected chi connectivity index (χ2v) is 5.47. The summed E-state index contributed by atoms with van der Waals surface area (Å²) < 4.78 is 8.22.